The van der Waals surface area contributed by atoms with Crippen molar-refractivity contribution < 1.29 is 4.79 Å². The number of carbonyl (C=O) groups excluding carboxylic acids is 1. The lowest BCUT2D eigenvalue weighted by Crippen LogP contribution is -2.01. The fourth-order valence-electron chi connectivity index (χ4n) is 2.98. The summed E-state index contributed by atoms with van der Waals surface area (Å²) in [5.74, 6) is 0.0470. The number of aromatic nitrogens is 3. The van der Waals surface area contributed by atoms with Crippen LogP contribution < -0.4 is 0 Å². The molecule has 0 saturated carbocycles. The average molecular weight is 368 g/mol. The number of hydrogen-bond acceptors (Lipinski definition) is 5. The Labute approximate surface area is 153 Å². The van der Waals surface area contributed by atoms with E-state index in [1.807, 2.05) is 31.5 Å². The summed E-state index contributed by atoms with van der Waals surface area (Å²) in [5, 5.41) is 2.52. The van der Waals surface area contributed by atoms with Gasteiger partial charge in [0.15, 0.2) is 5.78 Å². The molecule has 0 fully saturated rings. The van der Waals surface area contributed by atoms with E-state index in [1.54, 1.807) is 23.7 Å². The number of pyridine rings is 2. The van der Waals surface area contributed by atoms with Gasteiger partial charge in [-0.25, -0.2) is 9.97 Å². The molecule has 1 aromatic carbocycles. The number of nitrogens with zero attached hydrogens (tertiary/aromatic N) is 3. The monoisotopic (exact) mass is 367 g/mol. The van der Waals surface area contributed by atoms with Gasteiger partial charge in [-0.05, 0) is 30.7 Å². The Morgan fingerprint density at radius 3 is 2.72 bits per heavy atom. The summed E-state index contributed by atoms with van der Waals surface area (Å²) in [6, 6.07) is 5.78. The van der Waals surface area contributed by atoms with E-state index >= 15 is 0 Å². The highest BCUT2D eigenvalue weighted by atomic mass is 35.5. The van der Waals surface area contributed by atoms with Crippen molar-refractivity contribution >= 4 is 49.7 Å². The predicted molar refractivity (Wildman–Crippen MR) is 103 cm³/mol. The Bertz CT molecular complexity index is 1140. The van der Waals surface area contributed by atoms with Crippen LogP contribution in [-0.4, -0.2) is 20.7 Å². The number of Topliss-reactive ketones (excluding diaryl/α,β-unsaturated/α-hetero) is 1. The van der Waals surface area contributed by atoms with Gasteiger partial charge in [0.25, 0.3) is 0 Å². The number of rotatable bonds is 3. The molecule has 0 amide bonds. The zero-order valence-corrected chi connectivity index (χ0v) is 15.3. The van der Waals surface area contributed by atoms with Crippen LogP contribution in [0.3, 0.4) is 0 Å². The van der Waals surface area contributed by atoms with Gasteiger partial charge in [-0.1, -0.05) is 18.5 Å². The van der Waals surface area contributed by atoms with Crippen LogP contribution in [0.1, 0.15) is 29.4 Å². The van der Waals surface area contributed by atoms with Gasteiger partial charge in [-0.15, -0.1) is 11.3 Å². The highest BCUT2D eigenvalue weighted by Gasteiger charge is 2.15. The van der Waals surface area contributed by atoms with Crippen molar-refractivity contribution in [2.24, 2.45) is 0 Å². The van der Waals surface area contributed by atoms with E-state index in [1.165, 1.54) is 0 Å². The number of ketones is 1. The molecule has 0 saturated heterocycles. The molecule has 0 unspecified atom stereocenters. The summed E-state index contributed by atoms with van der Waals surface area (Å²) in [7, 11) is 0. The molecule has 6 heteroatoms. The number of thiazole rings is 1. The smallest absolute Gasteiger partial charge is 0.180 e. The van der Waals surface area contributed by atoms with Crippen molar-refractivity contribution in [1.82, 2.24) is 15.0 Å². The van der Waals surface area contributed by atoms with Gasteiger partial charge < -0.3 is 0 Å². The molecular formula is C19H14ClN3OS. The molecule has 4 aromatic rings. The minimum Gasteiger partial charge on any atom is -0.292 e. The average Bonchev–Trinajstić information content (AvgIpc) is 3.11. The molecule has 0 atom stereocenters. The summed E-state index contributed by atoms with van der Waals surface area (Å²) < 4.78 is 1.07. The molecule has 0 bridgehead atoms. The summed E-state index contributed by atoms with van der Waals surface area (Å²) in [4.78, 5) is 25.0. The molecule has 4 nitrogen and oxygen atoms in total. The van der Waals surface area contributed by atoms with E-state index in [2.05, 4.69) is 21.0 Å². The minimum absolute atomic E-state index is 0.0470. The van der Waals surface area contributed by atoms with E-state index in [-0.39, 0.29) is 5.78 Å². The minimum atomic E-state index is 0.0470. The molecule has 0 aliphatic heterocycles. The molecule has 4 rings (SSSR count). The van der Waals surface area contributed by atoms with Gasteiger partial charge in [-0.3, -0.25) is 9.78 Å². The molecule has 3 aromatic heterocycles. The quantitative estimate of drug-likeness (QED) is 0.356. The SMILES string of the molecule is CCC(=O)c1cc(C)c(-c2cc3cnc(Cl)cc3c3scnc23)cn1. The van der Waals surface area contributed by atoms with E-state index in [0.29, 0.717) is 17.3 Å². The lowest BCUT2D eigenvalue weighted by Gasteiger charge is -2.10. The third-order valence-corrected chi connectivity index (χ3v) is 5.34. The number of aryl methyl sites for hydroxylation is 1. The molecule has 0 radical (unpaired) electrons. The lowest BCUT2D eigenvalue weighted by atomic mass is 9.98. The largest absolute Gasteiger partial charge is 0.292 e. The fraction of sp³-hybridized carbons (Fsp3) is 0.158. The number of halogens is 1. The summed E-state index contributed by atoms with van der Waals surface area (Å²) in [6.07, 6.45) is 3.99. The maximum absolute atomic E-state index is 11.9. The van der Waals surface area contributed by atoms with Gasteiger partial charge in [0.1, 0.15) is 10.8 Å². The van der Waals surface area contributed by atoms with Crippen molar-refractivity contribution in [2.45, 2.75) is 20.3 Å². The molecule has 3 heterocycles. The second-order valence-corrected chi connectivity index (χ2v) is 7.09. The number of fused-ring (bicyclic) bond motifs is 3. The second kappa shape index (κ2) is 6.17. The molecule has 0 spiro atoms. The molecule has 25 heavy (non-hydrogen) atoms. The molecule has 124 valence electrons. The zero-order chi connectivity index (χ0) is 17.6. The highest BCUT2D eigenvalue weighted by Crippen LogP contribution is 2.37. The number of carbonyl (C=O) groups is 1. The number of benzene rings is 1. The molecule has 0 aliphatic carbocycles. The second-order valence-electron chi connectivity index (χ2n) is 5.84. The first-order valence-electron chi connectivity index (χ1n) is 7.90. The van der Waals surface area contributed by atoms with Crippen LogP contribution in [0.5, 0.6) is 0 Å². The van der Waals surface area contributed by atoms with Crippen molar-refractivity contribution in [3.05, 3.63) is 52.5 Å². The van der Waals surface area contributed by atoms with Crippen LogP contribution in [0, 0.1) is 6.92 Å². The normalized spacial score (nSPS) is 11.3. The maximum Gasteiger partial charge on any atom is 0.180 e. The van der Waals surface area contributed by atoms with E-state index in [0.717, 1.165) is 37.7 Å². The topological polar surface area (TPSA) is 55.7 Å². The van der Waals surface area contributed by atoms with Gasteiger partial charge in [0.2, 0.25) is 0 Å². The molecule has 0 N–H and O–H groups in total. The van der Waals surface area contributed by atoms with Crippen molar-refractivity contribution in [2.75, 3.05) is 0 Å². The van der Waals surface area contributed by atoms with Gasteiger partial charge >= 0.3 is 0 Å². The summed E-state index contributed by atoms with van der Waals surface area (Å²) >= 11 is 7.64. The Morgan fingerprint density at radius 2 is 1.96 bits per heavy atom. The standard InChI is InChI=1S/C19H14ClN3OS/c1-3-16(24)15-4-10(2)14(8-21-15)13-5-11-7-22-17(20)6-12(11)19-18(13)23-9-25-19/h4-9H,3H2,1-2H3. The predicted octanol–water partition coefficient (Wildman–Crippen LogP) is 5.46. The third-order valence-electron chi connectivity index (χ3n) is 4.28. The lowest BCUT2D eigenvalue weighted by molar-refractivity contribution is 0.0983. The highest BCUT2D eigenvalue weighted by molar-refractivity contribution is 7.17. The van der Waals surface area contributed by atoms with Gasteiger partial charge in [0.05, 0.1) is 15.7 Å². The third kappa shape index (κ3) is 2.69. The van der Waals surface area contributed by atoms with Crippen LogP contribution in [-0.2, 0) is 0 Å². The Morgan fingerprint density at radius 1 is 1.12 bits per heavy atom. The number of hydrogen-bond donors (Lipinski definition) is 0. The zero-order valence-electron chi connectivity index (χ0n) is 13.7. The van der Waals surface area contributed by atoms with E-state index in [4.69, 9.17) is 11.6 Å². The van der Waals surface area contributed by atoms with E-state index in [9.17, 15) is 4.79 Å². The van der Waals surface area contributed by atoms with Crippen LogP contribution in [0.25, 0.3) is 32.1 Å². The van der Waals surface area contributed by atoms with Crippen LogP contribution in [0.2, 0.25) is 5.15 Å². The summed E-state index contributed by atoms with van der Waals surface area (Å²) in [6.45, 7) is 3.83. The first kappa shape index (κ1) is 16.1. The van der Waals surface area contributed by atoms with Gasteiger partial charge in [-0.2, -0.15) is 0 Å². The van der Waals surface area contributed by atoms with Crippen molar-refractivity contribution in [3.63, 3.8) is 0 Å². The van der Waals surface area contributed by atoms with Gasteiger partial charge in [0, 0.05) is 40.7 Å². The van der Waals surface area contributed by atoms with Crippen molar-refractivity contribution in [3.8, 4) is 11.1 Å². The molecule has 0 aliphatic rings. The van der Waals surface area contributed by atoms with Crippen LogP contribution in [0.4, 0.5) is 0 Å². The van der Waals surface area contributed by atoms with Crippen LogP contribution in [0.15, 0.2) is 36.1 Å². The maximum atomic E-state index is 11.9. The Hall–Kier alpha value is -2.37. The fourth-order valence-corrected chi connectivity index (χ4v) is 3.98. The van der Waals surface area contributed by atoms with Crippen molar-refractivity contribution in [1.29, 1.82) is 0 Å². The first-order valence-corrected chi connectivity index (χ1v) is 9.16. The first-order chi connectivity index (χ1) is 12.1. The molecular weight excluding hydrogens is 354 g/mol. The van der Waals surface area contributed by atoms with E-state index < -0.39 is 0 Å². The Kier molecular flexibility index (Phi) is 3.98. The summed E-state index contributed by atoms with van der Waals surface area (Å²) in [5.41, 5.74) is 6.22. The van der Waals surface area contributed by atoms with Crippen LogP contribution >= 0.6 is 22.9 Å². The Balaban J connectivity index is 1.99.